The number of fused-ring (bicyclic) bond motifs is 1. The molecular formula is C16H14FNO4S. The first-order chi connectivity index (χ1) is 10.8. The molecule has 0 unspecified atom stereocenters. The summed E-state index contributed by atoms with van der Waals surface area (Å²) in [5.41, 5.74) is 1.42. The van der Waals surface area contributed by atoms with Crippen LogP contribution in [0.4, 0.5) is 10.1 Å². The van der Waals surface area contributed by atoms with Gasteiger partial charge in [-0.15, -0.1) is 0 Å². The first kappa shape index (κ1) is 15.5. The lowest BCUT2D eigenvalue weighted by atomic mass is 10.1. The van der Waals surface area contributed by atoms with Gasteiger partial charge in [0.2, 0.25) is 10.0 Å². The molecular weight excluding hydrogens is 321 g/mol. The second-order valence-electron chi connectivity index (χ2n) is 5.34. The summed E-state index contributed by atoms with van der Waals surface area (Å²) in [4.78, 5) is 11.9. The summed E-state index contributed by atoms with van der Waals surface area (Å²) in [6, 6.07) is 8.80. The van der Waals surface area contributed by atoms with Crippen LogP contribution in [0.15, 0.2) is 36.4 Å². The Morgan fingerprint density at radius 2 is 1.87 bits per heavy atom. The van der Waals surface area contributed by atoms with Crippen LogP contribution in [0.1, 0.15) is 22.3 Å². The lowest BCUT2D eigenvalue weighted by Gasteiger charge is -2.14. The van der Waals surface area contributed by atoms with Crippen LogP contribution < -0.4 is 9.46 Å². The minimum absolute atomic E-state index is 0.0377. The van der Waals surface area contributed by atoms with E-state index in [0.29, 0.717) is 18.4 Å². The Bertz CT molecular complexity index is 893. The molecule has 0 fully saturated rings. The van der Waals surface area contributed by atoms with E-state index in [0.717, 1.165) is 11.8 Å². The van der Waals surface area contributed by atoms with Gasteiger partial charge in [-0.3, -0.25) is 9.52 Å². The van der Waals surface area contributed by atoms with E-state index >= 15 is 0 Å². The molecule has 0 aliphatic heterocycles. The molecule has 0 spiro atoms. The molecule has 2 aromatic carbocycles. The van der Waals surface area contributed by atoms with Gasteiger partial charge in [-0.05, 0) is 36.2 Å². The summed E-state index contributed by atoms with van der Waals surface area (Å²) in [5.74, 6) is -0.571. The molecule has 120 valence electrons. The summed E-state index contributed by atoms with van der Waals surface area (Å²) < 4.78 is 44.7. The maximum atomic E-state index is 13.8. The number of hydrogen-bond acceptors (Lipinski definition) is 4. The van der Waals surface area contributed by atoms with Gasteiger partial charge in [-0.2, -0.15) is 0 Å². The molecule has 1 N–H and O–H groups in total. The second-order valence-corrected chi connectivity index (χ2v) is 7.08. The van der Waals surface area contributed by atoms with E-state index in [1.54, 1.807) is 12.1 Å². The number of aryl methyl sites for hydroxylation is 1. The normalized spacial score (nSPS) is 13.7. The number of benzene rings is 2. The molecule has 0 saturated heterocycles. The van der Waals surface area contributed by atoms with Crippen molar-refractivity contribution in [3.05, 3.63) is 53.3 Å². The van der Waals surface area contributed by atoms with E-state index in [1.807, 2.05) is 0 Å². The van der Waals surface area contributed by atoms with Crippen LogP contribution in [-0.4, -0.2) is 20.5 Å². The van der Waals surface area contributed by atoms with Crippen molar-refractivity contribution >= 4 is 21.5 Å². The maximum Gasteiger partial charge on any atom is 0.229 e. The summed E-state index contributed by atoms with van der Waals surface area (Å²) in [5, 5.41) is 0. The van der Waals surface area contributed by atoms with E-state index in [1.165, 1.54) is 24.3 Å². The highest BCUT2D eigenvalue weighted by atomic mass is 32.2. The number of sulfonamides is 1. The molecule has 3 rings (SSSR count). The molecule has 0 radical (unpaired) electrons. The number of carbonyl (C=O) groups excluding carboxylic acids is 1. The number of carbonyl (C=O) groups is 1. The SMILES string of the molecule is CS(=O)(=O)Nc1cc2c(cc1Oc1ccccc1F)C(=O)CC2. The van der Waals surface area contributed by atoms with Gasteiger partial charge in [0.1, 0.15) is 0 Å². The summed E-state index contributed by atoms with van der Waals surface area (Å²) >= 11 is 0. The molecule has 0 amide bonds. The van der Waals surface area contributed by atoms with Gasteiger partial charge >= 0.3 is 0 Å². The smallest absolute Gasteiger partial charge is 0.229 e. The topological polar surface area (TPSA) is 72.5 Å². The number of rotatable bonds is 4. The number of ketones is 1. The monoisotopic (exact) mass is 335 g/mol. The highest BCUT2D eigenvalue weighted by molar-refractivity contribution is 7.92. The average Bonchev–Trinajstić information content (AvgIpc) is 2.81. The van der Waals surface area contributed by atoms with E-state index in [4.69, 9.17) is 4.74 Å². The quantitative estimate of drug-likeness (QED) is 0.932. The maximum absolute atomic E-state index is 13.8. The molecule has 0 bridgehead atoms. The minimum Gasteiger partial charge on any atom is -0.452 e. The average molecular weight is 335 g/mol. The van der Waals surface area contributed by atoms with Gasteiger partial charge in [0.05, 0.1) is 11.9 Å². The van der Waals surface area contributed by atoms with Gasteiger partial charge in [-0.1, -0.05) is 12.1 Å². The number of Topliss-reactive ketones (excluding diaryl/α,β-unsaturated/α-hetero) is 1. The molecule has 7 heteroatoms. The highest BCUT2D eigenvalue weighted by Gasteiger charge is 2.23. The first-order valence-electron chi connectivity index (χ1n) is 6.94. The lowest BCUT2D eigenvalue weighted by molar-refractivity contribution is 0.0994. The van der Waals surface area contributed by atoms with Crippen LogP contribution in [0.3, 0.4) is 0 Å². The third kappa shape index (κ3) is 3.34. The fourth-order valence-corrected chi connectivity index (χ4v) is 3.04. The summed E-state index contributed by atoms with van der Waals surface area (Å²) in [6.07, 6.45) is 1.93. The van der Waals surface area contributed by atoms with Crippen molar-refractivity contribution in [1.82, 2.24) is 0 Å². The summed E-state index contributed by atoms with van der Waals surface area (Å²) in [7, 11) is -3.54. The Morgan fingerprint density at radius 1 is 1.13 bits per heavy atom. The molecule has 5 nitrogen and oxygen atoms in total. The first-order valence-corrected chi connectivity index (χ1v) is 8.83. The largest absolute Gasteiger partial charge is 0.452 e. The van der Waals surface area contributed by atoms with Crippen LogP contribution in [-0.2, 0) is 16.4 Å². The van der Waals surface area contributed by atoms with Crippen molar-refractivity contribution in [2.45, 2.75) is 12.8 Å². The number of nitrogens with one attached hydrogen (secondary N) is 1. The number of hydrogen-bond donors (Lipinski definition) is 1. The lowest BCUT2D eigenvalue weighted by Crippen LogP contribution is -2.11. The van der Waals surface area contributed by atoms with Crippen molar-refractivity contribution in [3.63, 3.8) is 0 Å². The Labute approximate surface area is 133 Å². The zero-order valence-electron chi connectivity index (χ0n) is 12.3. The minimum atomic E-state index is -3.54. The van der Waals surface area contributed by atoms with Crippen molar-refractivity contribution in [1.29, 1.82) is 0 Å². The van der Waals surface area contributed by atoms with Crippen molar-refractivity contribution in [3.8, 4) is 11.5 Å². The van der Waals surface area contributed by atoms with Gasteiger partial charge in [0.15, 0.2) is 23.1 Å². The molecule has 0 atom stereocenters. The second kappa shape index (κ2) is 5.66. The van der Waals surface area contributed by atoms with Crippen LogP contribution in [0, 0.1) is 5.82 Å². The molecule has 23 heavy (non-hydrogen) atoms. The van der Waals surface area contributed by atoms with Crippen LogP contribution in [0.5, 0.6) is 11.5 Å². The Hall–Kier alpha value is -2.41. The molecule has 0 heterocycles. The standard InChI is InChI=1S/C16H14FNO4S/c1-23(20,21)18-13-8-10-6-7-14(19)11(10)9-16(13)22-15-5-3-2-4-12(15)17/h2-5,8-9,18H,6-7H2,1H3. The Balaban J connectivity index is 2.08. The molecule has 0 aromatic heterocycles. The van der Waals surface area contributed by atoms with Crippen molar-refractivity contribution < 1.29 is 22.3 Å². The molecule has 2 aromatic rings. The zero-order chi connectivity index (χ0) is 16.6. The summed E-state index contributed by atoms with van der Waals surface area (Å²) in [6.45, 7) is 0. The number of ether oxygens (including phenoxy) is 1. The molecule has 1 aliphatic rings. The van der Waals surface area contributed by atoms with E-state index < -0.39 is 15.8 Å². The number of halogens is 1. The Morgan fingerprint density at radius 3 is 2.57 bits per heavy atom. The Kier molecular flexibility index (Phi) is 3.81. The van der Waals surface area contributed by atoms with Crippen LogP contribution in [0.2, 0.25) is 0 Å². The molecule has 0 saturated carbocycles. The zero-order valence-corrected chi connectivity index (χ0v) is 13.1. The third-order valence-electron chi connectivity index (χ3n) is 3.48. The fraction of sp³-hybridized carbons (Fsp3) is 0.188. The highest BCUT2D eigenvalue weighted by Crippen LogP contribution is 2.37. The fourth-order valence-electron chi connectivity index (χ4n) is 2.48. The van der Waals surface area contributed by atoms with E-state index in [-0.39, 0.29) is 23.0 Å². The van der Waals surface area contributed by atoms with Crippen LogP contribution >= 0.6 is 0 Å². The number of anilines is 1. The van der Waals surface area contributed by atoms with Crippen molar-refractivity contribution in [2.75, 3.05) is 11.0 Å². The van der Waals surface area contributed by atoms with Crippen molar-refractivity contribution in [2.24, 2.45) is 0 Å². The van der Waals surface area contributed by atoms with Gasteiger partial charge < -0.3 is 4.74 Å². The number of para-hydroxylation sites is 1. The predicted molar refractivity (Wildman–Crippen MR) is 84.0 cm³/mol. The van der Waals surface area contributed by atoms with Gasteiger partial charge in [0, 0.05) is 12.0 Å². The van der Waals surface area contributed by atoms with Gasteiger partial charge in [0.25, 0.3) is 0 Å². The third-order valence-corrected chi connectivity index (χ3v) is 4.07. The van der Waals surface area contributed by atoms with Crippen LogP contribution in [0.25, 0.3) is 0 Å². The van der Waals surface area contributed by atoms with E-state index in [2.05, 4.69) is 4.72 Å². The van der Waals surface area contributed by atoms with E-state index in [9.17, 15) is 17.6 Å². The van der Waals surface area contributed by atoms with Gasteiger partial charge in [-0.25, -0.2) is 12.8 Å². The molecule has 1 aliphatic carbocycles. The predicted octanol–water partition coefficient (Wildman–Crippen LogP) is 3.12.